The Hall–Kier alpha value is -1.76. The molecule has 28 heavy (non-hydrogen) atoms. The van der Waals surface area contributed by atoms with Gasteiger partial charge in [0.2, 0.25) is 0 Å². The molecule has 7 heteroatoms. The van der Waals surface area contributed by atoms with E-state index in [4.69, 9.17) is 0 Å². The number of aromatic nitrogens is 4. The zero-order valence-corrected chi connectivity index (χ0v) is 18.1. The number of rotatable bonds is 4. The molecule has 1 fully saturated rings. The average molecular weight is 402 g/mol. The molecule has 4 rings (SSSR count). The molecule has 0 bridgehead atoms. The van der Waals surface area contributed by atoms with E-state index in [1.807, 2.05) is 11.8 Å². The van der Waals surface area contributed by atoms with E-state index in [2.05, 4.69) is 33.6 Å². The summed E-state index contributed by atoms with van der Waals surface area (Å²) < 4.78 is 2.34. The van der Waals surface area contributed by atoms with Crippen molar-refractivity contribution in [2.75, 3.05) is 13.1 Å². The van der Waals surface area contributed by atoms with E-state index < -0.39 is 0 Å². The Bertz CT molecular complexity index is 840. The fourth-order valence-corrected chi connectivity index (χ4v) is 5.66. The zero-order valence-electron chi connectivity index (χ0n) is 17.3. The summed E-state index contributed by atoms with van der Waals surface area (Å²) in [6.45, 7) is 8.94. The summed E-state index contributed by atoms with van der Waals surface area (Å²) in [6.07, 6.45) is 7.75. The Labute approximate surface area is 171 Å². The van der Waals surface area contributed by atoms with Gasteiger partial charge in [-0.2, -0.15) is 0 Å². The van der Waals surface area contributed by atoms with Gasteiger partial charge < -0.3 is 9.47 Å². The molecule has 1 unspecified atom stereocenters. The minimum atomic E-state index is 0.144. The lowest BCUT2D eigenvalue weighted by Crippen LogP contribution is -2.39. The number of thiazole rings is 1. The van der Waals surface area contributed by atoms with E-state index in [0.29, 0.717) is 11.8 Å². The molecule has 1 saturated heterocycles. The zero-order chi connectivity index (χ0) is 19.7. The van der Waals surface area contributed by atoms with Crippen molar-refractivity contribution in [3.05, 3.63) is 27.2 Å². The van der Waals surface area contributed by atoms with Gasteiger partial charge in [-0.3, -0.25) is 4.79 Å². The van der Waals surface area contributed by atoms with Gasteiger partial charge in [-0.25, -0.2) is 4.98 Å². The van der Waals surface area contributed by atoms with E-state index in [1.165, 1.54) is 19.3 Å². The number of hydrogen-bond donors (Lipinski definition) is 0. The van der Waals surface area contributed by atoms with Crippen LogP contribution in [0.25, 0.3) is 0 Å². The Kier molecular flexibility index (Phi) is 5.80. The molecule has 2 aromatic heterocycles. The number of fused-ring (bicyclic) bond motifs is 1. The van der Waals surface area contributed by atoms with Crippen LogP contribution in [-0.4, -0.2) is 43.6 Å². The van der Waals surface area contributed by atoms with Gasteiger partial charge in [-0.15, -0.1) is 21.5 Å². The van der Waals surface area contributed by atoms with Gasteiger partial charge in [0, 0.05) is 38.4 Å². The number of carbonyl (C=O) groups is 1. The normalized spacial score (nSPS) is 20.3. The van der Waals surface area contributed by atoms with E-state index in [0.717, 1.165) is 72.5 Å². The van der Waals surface area contributed by atoms with Crippen LogP contribution in [0.1, 0.15) is 83.9 Å². The molecule has 2 aliphatic rings. The maximum absolute atomic E-state index is 13.2. The van der Waals surface area contributed by atoms with Crippen LogP contribution < -0.4 is 0 Å². The van der Waals surface area contributed by atoms with Crippen molar-refractivity contribution in [3.63, 3.8) is 0 Å². The van der Waals surface area contributed by atoms with Crippen LogP contribution in [0, 0.1) is 12.8 Å². The summed E-state index contributed by atoms with van der Waals surface area (Å²) in [4.78, 5) is 20.7. The highest BCUT2D eigenvalue weighted by molar-refractivity contribution is 7.13. The van der Waals surface area contributed by atoms with Crippen LogP contribution in [0.4, 0.5) is 0 Å². The third kappa shape index (κ3) is 4.00. The first-order valence-corrected chi connectivity index (χ1v) is 11.5. The first-order chi connectivity index (χ1) is 13.5. The van der Waals surface area contributed by atoms with Gasteiger partial charge in [0.25, 0.3) is 5.91 Å². The topological polar surface area (TPSA) is 63.9 Å². The molecule has 1 amide bonds. The standard InChI is InChI=1S/C21H31N5OS/c1-14(2)12-18-22-15(3)19(28-18)21(27)25-10-7-8-16(13-25)20-24-23-17-9-5-4-6-11-26(17)20/h14,16H,4-13H2,1-3H3. The highest BCUT2D eigenvalue weighted by Gasteiger charge is 2.31. The third-order valence-corrected chi connectivity index (χ3v) is 7.00. The largest absolute Gasteiger partial charge is 0.337 e. The lowest BCUT2D eigenvalue weighted by molar-refractivity contribution is 0.0707. The van der Waals surface area contributed by atoms with Crippen LogP contribution in [0.3, 0.4) is 0 Å². The number of likely N-dealkylation sites (tertiary alicyclic amines) is 1. The summed E-state index contributed by atoms with van der Waals surface area (Å²) in [6, 6.07) is 0. The molecular weight excluding hydrogens is 370 g/mol. The molecule has 0 N–H and O–H groups in total. The summed E-state index contributed by atoms with van der Waals surface area (Å²) in [5.41, 5.74) is 0.879. The lowest BCUT2D eigenvalue weighted by Gasteiger charge is -2.32. The molecule has 2 aliphatic heterocycles. The van der Waals surface area contributed by atoms with Gasteiger partial charge in [-0.05, 0) is 38.5 Å². The fraction of sp³-hybridized carbons (Fsp3) is 0.714. The van der Waals surface area contributed by atoms with E-state index in [-0.39, 0.29) is 5.91 Å². The number of carbonyl (C=O) groups excluding carboxylic acids is 1. The summed E-state index contributed by atoms with van der Waals surface area (Å²) >= 11 is 1.58. The molecule has 4 heterocycles. The van der Waals surface area contributed by atoms with Crippen molar-refractivity contribution in [3.8, 4) is 0 Å². The van der Waals surface area contributed by atoms with Crippen LogP contribution in [0.15, 0.2) is 0 Å². The van der Waals surface area contributed by atoms with Crippen molar-refractivity contribution in [1.29, 1.82) is 0 Å². The number of amides is 1. The van der Waals surface area contributed by atoms with Gasteiger partial charge >= 0.3 is 0 Å². The van der Waals surface area contributed by atoms with Crippen LogP contribution in [0.2, 0.25) is 0 Å². The second kappa shape index (κ2) is 8.31. The Morgan fingerprint density at radius 2 is 2.04 bits per heavy atom. The Morgan fingerprint density at radius 1 is 1.18 bits per heavy atom. The van der Waals surface area contributed by atoms with Crippen molar-refractivity contribution in [2.45, 2.75) is 78.2 Å². The highest BCUT2D eigenvalue weighted by Crippen LogP contribution is 2.30. The maximum atomic E-state index is 13.2. The third-order valence-electron chi connectivity index (χ3n) is 5.83. The first kappa shape index (κ1) is 19.6. The van der Waals surface area contributed by atoms with Crippen LogP contribution in [0.5, 0.6) is 0 Å². The van der Waals surface area contributed by atoms with E-state index in [9.17, 15) is 4.79 Å². The van der Waals surface area contributed by atoms with Gasteiger partial charge in [0.15, 0.2) is 0 Å². The number of aryl methyl sites for hydroxylation is 2. The molecule has 0 aliphatic carbocycles. The van der Waals surface area contributed by atoms with E-state index >= 15 is 0 Å². The molecule has 2 aromatic rings. The predicted molar refractivity (Wildman–Crippen MR) is 111 cm³/mol. The Morgan fingerprint density at radius 3 is 2.86 bits per heavy atom. The van der Waals surface area contributed by atoms with Crippen molar-refractivity contribution in [1.82, 2.24) is 24.6 Å². The lowest BCUT2D eigenvalue weighted by atomic mass is 9.96. The summed E-state index contributed by atoms with van der Waals surface area (Å²) in [7, 11) is 0. The molecule has 6 nitrogen and oxygen atoms in total. The minimum absolute atomic E-state index is 0.144. The van der Waals surface area contributed by atoms with Gasteiger partial charge in [0.05, 0.1) is 10.7 Å². The molecule has 0 saturated carbocycles. The van der Waals surface area contributed by atoms with Gasteiger partial charge in [0.1, 0.15) is 16.5 Å². The van der Waals surface area contributed by atoms with Crippen LogP contribution in [-0.2, 0) is 19.4 Å². The minimum Gasteiger partial charge on any atom is -0.337 e. The van der Waals surface area contributed by atoms with Crippen molar-refractivity contribution >= 4 is 17.2 Å². The molecular formula is C21H31N5OS. The van der Waals surface area contributed by atoms with Gasteiger partial charge in [-0.1, -0.05) is 20.3 Å². The summed E-state index contributed by atoms with van der Waals surface area (Å²) in [5, 5.41) is 10.1. The quantitative estimate of drug-likeness (QED) is 0.777. The second-order valence-electron chi connectivity index (χ2n) is 8.65. The average Bonchev–Trinajstić information content (AvgIpc) is 3.15. The number of nitrogens with zero attached hydrogens (tertiary/aromatic N) is 5. The van der Waals surface area contributed by atoms with Crippen LogP contribution >= 0.6 is 11.3 Å². The number of hydrogen-bond acceptors (Lipinski definition) is 5. The fourth-order valence-electron chi connectivity index (χ4n) is 4.41. The van der Waals surface area contributed by atoms with Crippen molar-refractivity contribution < 1.29 is 4.79 Å². The Balaban J connectivity index is 1.51. The molecule has 0 radical (unpaired) electrons. The maximum Gasteiger partial charge on any atom is 0.265 e. The summed E-state index contributed by atoms with van der Waals surface area (Å²) in [5.74, 6) is 3.21. The second-order valence-corrected chi connectivity index (χ2v) is 9.73. The molecule has 1 atom stereocenters. The highest BCUT2D eigenvalue weighted by atomic mass is 32.1. The SMILES string of the molecule is Cc1nc(CC(C)C)sc1C(=O)N1CCCC(c2nnc3n2CCCCC3)C1. The smallest absolute Gasteiger partial charge is 0.265 e. The number of piperidine rings is 1. The molecule has 152 valence electrons. The first-order valence-electron chi connectivity index (χ1n) is 10.7. The molecule has 0 spiro atoms. The monoisotopic (exact) mass is 401 g/mol. The van der Waals surface area contributed by atoms with E-state index in [1.54, 1.807) is 11.3 Å². The molecule has 0 aromatic carbocycles. The predicted octanol–water partition coefficient (Wildman–Crippen LogP) is 3.99. The van der Waals surface area contributed by atoms with Crippen molar-refractivity contribution in [2.24, 2.45) is 5.92 Å².